The maximum atomic E-state index is 12.3. The van der Waals surface area contributed by atoms with Crippen molar-refractivity contribution in [1.82, 2.24) is 20.1 Å². The number of nitrogens with zero attached hydrogens (tertiary/aromatic N) is 3. The molecule has 0 radical (unpaired) electrons. The Labute approximate surface area is 198 Å². The molecule has 1 amide bonds. The predicted molar refractivity (Wildman–Crippen MR) is 129 cm³/mol. The van der Waals surface area contributed by atoms with Crippen LogP contribution in [0.4, 0.5) is 0 Å². The SMILES string of the molecule is CCCCOc1ccc(CNC(=O)CSc2nnc(-c3ccc(OC)c(OC)c3)n2C)cc1. The molecule has 0 atom stereocenters. The van der Waals surface area contributed by atoms with Crippen molar-refractivity contribution in [3.63, 3.8) is 0 Å². The normalized spacial score (nSPS) is 10.7. The first-order valence-corrected chi connectivity index (χ1v) is 11.8. The second-order valence-corrected chi connectivity index (χ2v) is 8.29. The number of carbonyl (C=O) groups excluding carboxylic acids is 1. The minimum atomic E-state index is -0.0704. The van der Waals surface area contributed by atoms with E-state index in [4.69, 9.17) is 14.2 Å². The van der Waals surface area contributed by atoms with E-state index < -0.39 is 0 Å². The summed E-state index contributed by atoms with van der Waals surface area (Å²) in [5, 5.41) is 12.1. The lowest BCUT2D eigenvalue weighted by Crippen LogP contribution is -2.24. The lowest BCUT2D eigenvalue weighted by molar-refractivity contribution is -0.118. The van der Waals surface area contributed by atoms with E-state index in [1.807, 2.05) is 54.1 Å². The Balaban J connectivity index is 1.51. The number of amides is 1. The minimum absolute atomic E-state index is 0.0704. The fourth-order valence-electron chi connectivity index (χ4n) is 3.09. The smallest absolute Gasteiger partial charge is 0.230 e. The van der Waals surface area contributed by atoms with Crippen LogP contribution in [0.1, 0.15) is 25.3 Å². The van der Waals surface area contributed by atoms with Crippen LogP contribution in [0.2, 0.25) is 0 Å². The van der Waals surface area contributed by atoms with Gasteiger partial charge in [0.1, 0.15) is 5.75 Å². The number of carbonyl (C=O) groups is 1. The molecule has 0 aliphatic rings. The minimum Gasteiger partial charge on any atom is -0.494 e. The van der Waals surface area contributed by atoms with Gasteiger partial charge in [-0.2, -0.15) is 0 Å². The number of hydrogen-bond acceptors (Lipinski definition) is 7. The quantitative estimate of drug-likeness (QED) is 0.315. The Morgan fingerprint density at radius 1 is 1.06 bits per heavy atom. The summed E-state index contributed by atoms with van der Waals surface area (Å²) in [5.41, 5.74) is 1.87. The monoisotopic (exact) mass is 470 g/mol. The second-order valence-electron chi connectivity index (χ2n) is 7.35. The van der Waals surface area contributed by atoms with Crippen molar-refractivity contribution in [3.05, 3.63) is 48.0 Å². The van der Waals surface area contributed by atoms with Crippen LogP contribution < -0.4 is 19.5 Å². The molecule has 0 aliphatic carbocycles. The van der Waals surface area contributed by atoms with Crippen molar-refractivity contribution >= 4 is 17.7 Å². The molecule has 9 heteroatoms. The van der Waals surface area contributed by atoms with E-state index in [0.717, 1.165) is 36.3 Å². The van der Waals surface area contributed by atoms with Gasteiger partial charge in [0.05, 0.1) is 26.6 Å². The van der Waals surface area contributed by atoms with Crippen LogP contribution in [-0.2, 0) is 18.4 Å². The van der Waals surface area contributed by atoms with E-state index in [1.54, 1.807) is 14.2 Å². The van der Waals surface area contributed by atoms with Crippen molar-refractivity contribution < 1.29 is 19.0 Å². The summed E-state index contributed by atoms with van der Waals surface area (Å²) in [6.07, 6.45) is 2.14. The van der Waals surface area contributed by atoms with E-state index in [1.165, 1.54) is 11.8 Å². The van der Waals surface area contributed by atoms with Gasteiger partial charge in [0, 0.05) is 19.2 Å². The molecule has 3 aromatic rings. The molecule has 8 nitrogen and oxygen atoms in total. The van der Waals surface area contributed by atoms with Crippen LogP contribution in [0.5, 0.6) is 17.2 Å². The van der Waals surface area contributed by atoms with Gasteiger partial charge in [0.2, 0.25) is 5.91 Å². The number of aromatic nitrogens is 3. The first kappa shape index (κ1) is 24.4. The Bertz CT molecular complexity index is 1050. The molecular formula is C24H30N4O4S. The maximum absolute atomic E-state index is 12.3. The zero-order chi connectivity index (χ0) is 23.6. The fraction of sp³-hybridized carbons (Fsp3) is 0.375. The number of rotatable bonds is 12. The third-order valence-corrected chi connectivity index (χ3v) is 6.01. The summed E-state index contributed by atoms with van der Waals surface area (Å²) in [7, 11) is 5.06. The average molecular weight is 471 g/mol. The largest absolute Gasteiger partial charge is 0.494 e. The molecule has 2 aromatic carbocycles. The highest BCUT2D eigenvalue weighted by atomic mass is 32.2. The number of benzene rings is 2. The van der Waals surface area contributed by atoms with E-state index in [9.17, 15) is 4.79 Å². The number of hydrogen-bond donors (Lipinski definition) is 1. The molecule has 0 bridgehead atoms. The van der Waals surface area contributed by atoms with Gasteiger partial charge in [-0.15, -0.1) is 10.2 Å². The van der Waals surface area contributed by atoms with Gasteiger partial charge in [0.25, 0.3) is 0 Å². The Morgan fingerprint density at radius 3 is 2.52 bits per heavy atom. The molecule has 0 aliphatic heterocycles. The highest BCUT2D eigenvalue weighted by molar-refractivity contribution is 7.99. The lowest BCUT2D eigenvalue weighted by atomic mass is 10.2. The highest BCUT2D eigenvalue weighted by Gasteiger charge is 2.15. The maximum Gasteiger partial charge on any atom is 0.230 e. The molecule has 176 valence electrons. The van der Waals surface area contributed by atoms with Gasteiger partial charge >= 0.3 is 0 Å². The summed E-state index contributed by atoms with van der Waals surface area (Å²) < 4.78 is 18.2. The first-order valence-electron chi connectivity index (χ1n) is 10.8. The molecule has 1 aromatic heterocycles. The standard InChI is InChI=1S/C24H30N4O4S/c1-5-6-13-32-19-10-7-17(8-11-19)15-25-22(29)16-33-24-27-26-23(28(24)2)18-9-12-20(30-3)21(14-18)31-4/h7-12,14H,5-6,13,15-16H2,1-4H3,(H,25,29). The van der Waals surface area contributed by atoms with Crippen LogP contribution in [-0.4, -0.2) is 47.3 Å². The van der Waals surface area contributed by atoms with Gasteiger partial charge in [-0.05, 0) is 42.3 Å². The molecule has 1 N–H and O–H groups in total. The number of nitrogens with one attached hydrogen (secondary N) is 1. The lowest BCUT2D eigenvalue weighted by Gasteiger charge is -2.09. The van der Waals surface area contributed by atoms with Crippen molar-refractivity contribution in [3.8, 4) is 28.6 Å². The Morgan fingerprint density at radius 2 is 1.82 bits per heavy atom. The number of unbranched alkanes of at least 4 members (excludes halogenated alkanes) is 1. The first-order chi connectivity index (χ1) is 16.0. The number of thioether (sulfide) groups is 1. The Kier molecular flexibility index (Phi) is 9.00. The molecule has 0 saturated carbocycles. The van der Waals surface area contributed by atoms with Crippen LogP contribution in [0.3, 0.4) is 0 Å². The number of ether oxygens (including phenoxy) is 3. The molecule has 0 unspecified atom stereocenters. The molecule has 0 spiro atoms. The number of methoxy groups -OCH3 is 2. The zero-order valence-electron chi connectivity index (χ0n) is 19.5. The van der Waals surface area contributed by atoms with Crippen molar-refractivity contribution in [2.45, 2.75) is 31.5 Å². The van der Waals surface area contributed by atoms with Gasteiger partial charge in [-0.1, -0.05) is 37.2 Å². The Hall–Kier alpha value is -3.20. The van der Waals surface area contributed by atoms with E-state index in [0.29, 0.717) is 29.0 Å². The fourth-order valence-corrected chi connectivity index (χ4v) is 3.83. The molecule has 1 heterocycles. The van der Waals surface area contributed by atoms with E-state index in [-0.39, 0.29) is 11.7 Å². The molecule has 0 saturated heterocycles. The predicted octanol–water partition coefficient (Wildman–Crippen LogP) is 4.09. The summed E-state index contributed by atoms with van der Waals surface area (Å²) in [5.74, 6) is 2.97. The average Bonchev–Trinajstić information content (AvgIpc) is 3.22. The van der Waals surface area contributed by atoms with E-state index >= 15 is 0 Å². The molecule has 0 fully saturated rings. The van der Waals surface area contributed by atoms with Gasteiger partial charge in [-0.3, -0.25) is 4.79 Å². The van der Waals surface area contributed by atoms with Crippen molar-refractivity contribution in [2.24, 2.45) is 7.05 Å². The van der Waals surface area contributed by atoms with Gasteiger partial charge in [-0.25, -0.2) is 0 Å². The molecular weight excluding hydrogens is 440 g/mol. The molecule has 3 rings (SSSR count). The summed E-state index contributed by atoms with van der Waals surface area (Å²) in [6, 6.07) is 13.4. The third kappa shape index (κ3) is 6.64. The van der Waals surface area contributed by atoms with Crippen molar-refractivity contribution in [2.75, 3.05) is 26.6 Å². The van der Waals surface area contributed by atoms with E-state index in [2.05, 4.69) is 22.4 Å². The van der Waals surface area contributed by atoms with Crippen LogP contribution in [0.25, 0.3) is 11.4 Å². The second kappa shape index (κ2) is 12.2. The van der Waals surface area contributed by atoms with Gasteiger partial charge < -0.3 is 24.1 Å². The van der Waals surface area contributed by atoms with Crippen molar-refractivity contribution in [1.29, 1.82) is 0 Å². The van der Waals surface area contributed by atoms with Gasteiger partial charge in [0.15, 0.2) is 22.5 Å². The topological polar surface area (TPSA) is 87.5 Å². The zero-order valence-corrected chi connectivity index (χ0v) is 20.3. The third-order valence-electron chi connectivity index (χ3n) is 4.99. The molecule has 33 heavy (non-hydrogen) atoms. The summed E-state index contributed by atoms with van der Waals surface area (Å²) in [4.78, 5) is 12.3. The van der Waals surface area contributed by atoms with Crippen LogP contribution in [0.15, 0.2) is 47.6 Å². The van der Waals surface area contributed by atoms with Crippen LogP contribution in [0, 0.1) is 0 Å². The summed E-state index contributed by atoms with van der Waals surface area (Å²) >= 11 is 1.34. The highest BCUT2D eigenvalue weighted by Crippen LogP contribution is 2.32. The van der Waals surface area contributed by atoms with Crippen LogP contribution >= 0.6 is 11.8 Å². The summed E-state index contributed by atoms with van der Waals surface area (Å²) in [6.45, 7) is 3.32.